The standard InChI is InChI=1S/C11H17N3O2S/c1-9(6-14-2-4-16-5-3-14)13-11(15)10-7-17-8-12-10/h7-9H,2-6H2,1H3,(H,13,15). The van der Waals surface area contributed by atoms with Gasteiger partial charge >= 0.3 is 0 Å². The molecule has 1 aromatic heterocycles. The van der Waals surface area contributed by atoms with Crippen molar-refractivity contribution in [3.05, 3.63) is 16.6 Å². The minimum Gasteiger partial charge on any atom is -0.379 e. The molecule has 1 aliphatic heterocycles. The van der Waals surface area contributed by atoms with Gasteiger partial charge in [-0.15, -0.1) is 11.3 Å². The lowest BCUT2D eigenvalue weighted by atomic mass is 10.2. The zero-order valence-corrected chi connectivity index (χ0v) is 10.7. The van der Waals surface area contributed by atoms with E-state index in [2.05, 4.69) is 15.2 Å². The molecular formula is C11H17N3O2S. The lowest BCUT2D eigenvalue weighted by Crippen LogP contribution is -2.46. The zero-order chi connectivity index (χ0) is 12.1. The summed E-state index contributed by atoms with van der Waals surface area (Å²) in [5.41, 5.74) is 2.17. The van der Waals surface area contributed by atoms with Gasteiger partial charge in [-0.3, -0.25) is 9.69 Å². The maximum absolute atomic E-state index is 11.7. The molecular weight excluding hydrogens is 238 g/mol. The van der Waals surface area contributed by atoms with Crippen molar-refractivity contribution in [2.24, 2.45) is 0 Å². The molecule has 0 saturated carbocycles. The van der Waals surface area contributed by atoms with Crippen LogP contribution in [0.3, 0.4) is 0 Å². The topological polar surface area (TPSA) is 54.5 Å². The van der Waals surface area contributed by atoms with Crippen LogP contribution in [-0.2, 0) is 4.74 Å². The van der Waals surface area contributed by atoms with Gasteiger partial charge < -0.3 is 10.1 Å². The van der Waals surface area contributed by atoms with Crippen molar-refractivity contribution in [1.82, 2.24) is 15.2 Å². The summed E-state index contributed by atoms with van der Waals surface area (Å²) >= 11 is 1.43. The maximum Gasteiger partial charge on any atom is 0.270 e. The molecule has 0 aliphatic carbocycles. The number of nitrogens with one attached hydrogen (secondary N) is 1. The largest absolute Gasteiger partial charge is 0.379 e. The lowest BCUT2D eigenvalue weighted by Gasteiger charge is -2.29. The van der Waals surface area contributed by atoms with Gasteiger partial charge in [0.15, 0.2) is 0 Å². The molecule has 1 N–H and O–H groups in total. The number of aromatic nitrogens is 1. The number of hydrogen-bond acceptors (Lipinski definition) is 5. The van der Waals surface area contributed by atoms with Crippen molar-refractivity contribution >= 4 is 17.2 Å². The van der Waals surface area contributed by atoms with E-state index in [0.717, 1.165) is 32.8 Å². The fourth-order valence-electron chi connectivity index (χ4n) is 1.84. The van der Waals surface area contributed by atoms with E-state index in [0.29, 0.717) is 5.69 Å². The normalized spacial score (nSPS) is 18.9. The van der Waals surface area contributed by atoms with E-state index in [1.165, 1.54) is 11.3 Å². The SMILES string of the molecule is CC(CN1CCOCC1)NC(=O)c1cscn1. The molecule has 94 valence electrons. The number of carbonyl (C=O) groups is 1. The van der Waals surface area contributed by atoms with Crippen LogP contribution < -0.4 is 5.32 Å². The molecule has 2 heterocycles. The molecule has 6 heteroatoms. The number of hydrogen-bond donors (Lipinski definition) is 1. The summed E-state index contributed by atoms with van der Waals surface area (Å²) in [4.78, 5) is 18.0. The van der Waals surface area contributed by atoms with Crippen LogP contribution in [0.5, 0.6) is 0 Å². The first-order chi connectivity index (χ1) is 8.25. The average molecular weight is 255 g/mol. The Hall–Kier alpha value is -0.980. The Bertz CT molecular complexity index is 350. The van der Waals surface area contributed by atoms with Crippen LogP contribution in [-0.4, -0.2) is 54.7 Å². The van der Waals surface area contributed by atoms with Gasteiger partial charge in [0.05, 0.1) is 18.7 Å². The Balaban J connectivity index is 1.76. The van der Waals surface area contributed by atoms with Gasteiger partial charge in [0, 0.05) is 31.1 Å². The lowest BCUT2D eigenvalue weighted by molar-refractivity contribution is 0.0342. The molecule has 0 radical (unpaired) electrons. The number of rotatable bonds is 4. The van der Waals surface area contributed by atoms with Gasteiger partial charge in [-0.05, 0) is 6.92 Å². The highest BCUT2D eigenvalue weighted by Crippen LogP contribution is 2.02. The fourth-order valence-corrected chi connectivity index (χ4v) is 2.37. The fraction of sp³-hybridized carbons (Fsp3) is 0.636. The van der Waals surface area contributed by atoms with Crippen LogP contribution in [0.1, 0.15) is 17.4 Å². The van der Waals surface area contributed by atoms with Gasteiger partial charge in [-0.2, -0.15) is 0 Å². The van der Waals surface area contributed by atoms with Gasteiger partial charge in [0.2, 0.25) is 0 Å². The Morgan fingerprint density at radius 3 is 3.06 bits per heavy atom. The second-order valence-corrected chi connectivity index (χ2v) is 4.88. The molecule has 0 bridgehead atoms. The highest BCUT2D eigenvalue weighted by atomic mass is 32.1. The minimum atomic E-state index is -0.0907. The van der Waals surface area contributed by atoms with E-state index < -0.39 is 0 Å². The predicted molar refractivity (Wildman–Crippen MR) is 66.3 cm³/mol. The van der Waals surface area contributed by atoms with Gasteiger partial charge in [0.25, 0.3) is 5.91 Å². The van der Waals surface area contributed by atoms with Gasteiger partial charge in [0.1, 0.15) is 5.69 Å². The summed E-state index contributed by atoms with van der Waals surface area (Å²) < 4.78 is 5.28. The predicted octanol–water partition coefficient (Wildman–Crippen LogP) is 0.594. The summed E-state index contributed by atoms with van der Waals surface area (Å²) in [7, 11) is 0. The second kappa shape index (κ2) is 6.09. The van der Waals surface area contributed by atoms with Crippen molar-refractivity contribution < 1.29 is 9.53 Å². The third-order valence-corrected chi connectivity index (χ3v) is 3.26. The van der Waals surface area contributed by atoms with Crippen LogP contribution in [0.4, 0.5) is 0 Å². The molecule has 1 aromatic rings. The first-order valence-corrected chi connectivity index (χ1v) is 6.69. The summed E-state index contributed by atoms with van der Waals surface area (Å²) in [6, 6.07) is 0.127. The highest BCUT2D eigenvalue weighted by molar-refractivity contribution is 7.07. The Labute approximate surface area is 105 Å². The van der Waals surface area contributed by atoms with Crippen LogP contribution in [0.2, 0.25) is 0 Å². The van der Waals surface area contributed by atoms with Gasteiger partial charge in [-0.1, -0.05) is 0 Å². The monoisotopic (exact) mass is 255 g/mol. The Morgan fingerprint density at radius 1 is 1.65 bits per heavy atom. The summed E-state index contributed by atoms with van der Waals surface area (Å²) in [6.07, 6.45) is 0. The number of thiazole rings is 1. The first kappa shape index (κ1) is 12.5. The molecule has 5 nitrogen and oxygen atoms in total. The summed E-state index contributed by atoms with van der Waals surface area (Å²) in [5.74, 6) is -0.0907. The highest BCUT2D eigenvalue weighted by Gasteiger charge is 2.16. The second-order valence-electron chi connectivity index (χ2n) is 4.16. The molecule has 17 heavy (non-hydrogen) atoms. The van der Waals surface area contributed by atoms with Crippen LogP contribution in [0.15, 0.2) is 10.9 Å². The van der Waals surface area contributed by atoms with E-state index in [4.69, 9.17) is 4.74 Å². The zero-order valence-electron chi connectivity index (χ0n) is 9.89. The third kappa shape index (κ3) is 3.76. The number of carbonyl (C=O) groups excluding carboxylic acids is 1. The minimum absolute atomic E-state index is 0.0907. The number of ether oxygens (including phenoxy) is 1. The summed E-state index contributed by atoms with van der Waals surface area (Å²) in [6.45, 7) is 6.33. The number of morpholine rings is 1. The maximum atomic E-state index is 11.7. The van der Waals surface area contributed by atoms with Crippen LogP contribution in [0, 0.1) is 0 Å². The molecule has 2 rings (SSSR count). The van der Waals surface area contributed by atoms with E-state index >= 15 is 0 Å². The van der Waals surface area contributed by atoms with Crippen LogP contribution in [0.25, 0.3) is 0 Å². The molecule has 1 unspecified atom stereocenters. The molecule has 1 saturated heterocycles. The Morgan fingerprint density at radius 2 is 2.41 bits per heavy atom. The molecule has 1 aliphatic rings. The van der Waals surface area contributed by atoms with Crippen molar-refractivity contribution in [3.63, 3.8) is 0 Å². The van der Waals surface area contributed by atoms with E-state index in [1.54, 1.807) is 10.9 Å². The van der Waals surface area contributed by atoms with Gasteiger partial charge in [-0.25, -0.2) is 4.98 Å². The molecule has 0 spiro atoms. The first-order valence-electron chi connectivity index (χ1n) is 5.75. The van der Waals surface area contributed by atoms with E-state index in [9.17, 15) is 4.79 Å². The number of nitrogens with zero attached hydrogens (tertiary/aromatic N) is 2. The van der Waals surface area contributed by atoms with Crippen molar-refractivity contribution in [2.45, 2.75) is 13.0 Å². The third-order valence-electron chi connectivity index (χ3n) is 2.68. The van der Waals surface area contributed by atoms with Crippen molar-refractivity contribution in [3.8, 4) is 0 Å². The molecule has 1 fully saturated rings. The quantitative estimate of drug-likeness (QED) is 0.856. The molecule has 1 amide bonds. The Kier molecular flexibility index (Phi) is 4.47. The summed E-state index contributed by atoms with van der Waals surface area (Å²) in [5, 5.41) is 4.71. The molecule has 1 atom stereocenters. The smallest absolute Gasteiger partial charge is 0.270 e. The van der Waals surface area contributed by atoms with Crippen molar-refractivity contribution in [1.29, 1.82) is 0 Å². The number of amides is 1. The van der Waals surface area contributed by atoms with E-state index in [-0.39, 0.29) is 11.9 Å². The van der Waals surface area contributed by atoms with Crippen LogP contribution >= 0.6 is 11.3 Å². The molecule has 0 aromatic carbocycles. The van der Waals surface area contributed by atoms with Crippen molar-refractivity contribution in [2.75, 3.05) is 32.8 Å². The van der Waals surface area contributed by atoms with E-state index in [1.807, 2.05) is 6.92 Å². The average Bonchev–Trinajstić information content (AvgIpc) is 2.83.